The van der Waals surface area contributed by atoms with Crippen molar-refractivity contribution in [3.05, 3.63) is 47.2 Å². The van der Waals surface area contributed by atoms with Crippen LogP contribution >= 0.6 is 0 Å². The zero-order valence-electron chi connectivity index (χ0n) is 12.9. The number of nitrogens with zero attached hydrogens (tertiary/aromatic N) is 1. The highest BCUT2D eigenvalue weighted by Gasteiger charge is 2.23. The van der Waals surface area contributed by atoms with Crippen LogP contribution in [0.15, 0.2) is 34.9 Å². The Balaban J connectivity index is 1.99. The lowest BCUT2D eigenvalue weighted by Crippen LogP contribution is -2.32. The number of hydrogen-bond donors (Lipinski definition) is 2. The number of anilines is 1. The van der Waals surface area contributed by atoms with Gasteiger partial charge in [0.15, 0.2) is 11.9 Å². The van der Waals surface area contributed by atoms with Gasteiger partial charge in [0.2, 0.25) is 0 Å². The predicted molar refractivity (Wildman–Crippen MR) is 81.7 cm³/mol. The first-order valence-electron chi connectivity index (χ1n) is 7.18. The Bertz CT molecular complexity index is 678. The third kappa shape index (κ3) is 4.40. The molecule has 122 valence electrons. The molecule has 1 aromatic heterocycles. The third-order valence-corrected chi connectivity index (χ3v) is 3.16. The van der Waals surface area contributed by atoms with Crippen molar-refractivity contribution in [1.29, 1.82) is 0 Å². The van der Waals surface area contributed by atoms with Gasteiger partial charge in [0.25, 0.3) is 5.91 Å². The summed E-state index contributed by atoms with van der Waals surface area (Å²) < 4.78 is 10.1. The molecule has 0 aliphatic heterocycles. The Morgan fingerprint density at radius 1 is 1.35 bits per heavy atom. The van der Waals surface area contributed by atoms with Gasteiger partial charge < -0.3 is 19.7 Å². The van der Waals surface area contributed by atoms with Crippen LogP contribution in [0, 0.1) is 6.92 Å². The Hall–Kier alpha value is -2.67. The van der Waals surface area contributed by atoms with E-state index in [4.69, 9.17) is 14.4 Å². The van der Waals surface area contributed by atoms with Gasteiger partial charge in [-0.3, -0.25) is 4.79 Å². The van der Waals surface area contributed by atoms with Crippen molar-refractivity contribution in [2.24, 2.45) is 0 Å². The van der Waals surface area contributed by atoms with Crippen molar-refractivity contribution >= 4 is 17.7 Å². The van der Waals surface area contributed by atoms with Crippen LogP contribution in [0.5, 0.6) is 0 Å². The van der Waals surface area contributed by atoms with E-state index in [0.29, 0.717) is 23.3 Å². The summed E-state index contributed by atoms with van der Waals surface area (Å²) in [5, 5.41) is 15.2. The topological polar surface area (TPSA) is 102 Å². The largest absolute Gasteiger partial charge is 0.449 e. The fourth-order valence-electron chi connectivity index (χ4n) is 1.90. The first-order valence-corrected chi connectivity index (χ1v) is 7.18. The van der Waals surface area contributed by atoms with Crippen molar-refractivity contribution in [2.45, 2.75) is 33.0 Å². The second-order valence-corrected chi connectivity index (χ2v) is 4.97. The fraction of sp³-hybridized carbons (Fsp3) is 0.312. The molecular weight excluding hydrogens is 300 g/mol. The lowest BCUT2D eigenvalue weighted by Gasteiger charge is -2.15. The molecule has 2 aromatic rings. The van der Waals surface area contributed by atoms with Gasteiger partial charge in [-0.15, -0.1) is 0 Å². The predicted octanol–water partition coefficient (Wildman–Crippen LogP) is 2.05. The molecular formula is C16H18N2O5. The molecule has 0 spiro atoms. The molecule has 1 unspecified atom stereocenters. The number of amides is 1. The molecule has 0 bridgehead atoms. The van der Waals surface area contributed by atoms with E-state index in [9.17, 15) is 9.59 Å². The Labute approximate surface area is 133 Å². The molecule has 1 atom stereocenters. The van der Waals surface area contributed by atoms with Gasteiger partial charge in [-0.2, -0.15) is 0 Å². The van der Waals surface area contributed by atoms with Crippen LogP contribution in [0.25, 0.3) is 0 Å². The highest BCUT2D eigenvalue weighted by molar-refractivity contribution is 5.97. The molecule has 7 heteroatoms. The summed E-state index contributed by atoms with van der Waals surface area (Å²) in [4.78, 5) is 24.2. The number of hydrogen-bond acceptors (Lipinski definition) is 6. The zero-order chi connectivity index (χ0) is 16.8. The van der Waals surface area contributed by atoms with Crippen LogP contribution in [-0.2, 0) is 16.1 Å². The molecule has 0 aliphatic rings. The number of rotatable bonds is 6. The lowest BCUT2D eigenvalue weighted by atomic mass is 10.1. The first-order chi connectivity index (χ1) is 11.0. The molecule has 7 nitrogen and oxygen atoms in total. The van der Waals surface area contributed by atoms with Crippen molar-refractivity contribution in [3.8, 4) is 0 Å². The number of benzene rings is 1. The smallest absolute Gasteiger partial charge is 0.338 e. The second-order valence-electron chi connectivity index (χ2n) is 4.97. The summed E-state index contributed by atoms with van der Waals surface area (Å²) in [6.45, 7) is 3.34. The van der Waals surface area contributed by atoms with E-state index in [1.807, 2.05) is 0 Å². The maximum atomic E-state index is 12.1. The van der Waals surface area contributed by atoms with Gasteiger partial charge in [0, 0.05) is 6.07 Å². The number of ether oxygens (including phenoxy) is 1. The Kier molecular flexibility index (Phi) is 5.48. The van der Waals surface area contributed by atoms with Crippen LogP contribution in [0.2, 0.25) is 0 Å². The van der Waals surface area contributed by atoms with Gasteiger partial charge >= 0.3 is 5.97 Å². The minimum absolute atomic E-state index is 0.105. The van der Waals surface area contributed by atoms with E-state index in [2.05, 4.69) is 10.5 Å². The van der Waals surface area contributed by atoms with Crippen LogP contribution in [0.3, 0.4) is 0 Å². The van der Waals surface area contributed by atoms with Crippen molar-refractivity contribution in [2.75, 3.05) is 5.32 Å². The molecule has 0 aliphatic carbocycles. The van der Waals surface area contributed by atoms with Crippen molar-refractivity contribution < 1.29 is 24.0 Å². The lowest BCUT2D eigenvalue weighted by molar-refractivity contribution is -0.124. The maximum Gasteiger partial charge on any atom is 0.338 e. The number of carbonyl (C=O) groups excluding carboxylic acids is 2. The van der Waals surface area contributed by atoms with Gasteiger partial charge in [0.1, 0.15) is 5.76 Å². The van der Waals surface area contributed by atoms with Crippen LogP contribution in [-0.4, -0.2) is 28.2 Å². The highest BCUT2D eigenvalue weighted by Crippen LogP contribution is 2.12. The molecule has 0 fully saturated rings. The average molecular weight is 318 g/mol. The van der Waals surface area contributed by atoms with Crippen molar-refractivity contribution in [1.82, 2.24) is 5.16 Å². The molecule has 2 N–H and O–H groups in total. The van der Waals surface area contributed by atoms with Crippen molar-refractivity contribution in [3.63, 3.8) is 0 Å². The summed E-state index contributed by atoms with van der Waals surface area (Å²) in [5.41, 5.74) is 0.999. The molecule has 1 aromatic carbocycles. The first kappa shape index (κ1) is 16.7. The average Bonchev–Trinajstić information content (AvgIpc) is 2.97. The molecule has 0 saturated heterocycles. The molecule has 0 saturated carbocycles. The molecule has 23 heavy (non-hydrogen) atoms. The summed E-state index contributed by atoms with van der Waals surface area (Å²) in [5.74, 6) is -0.238. The number of aryl methyl sites for hydroxylation is 1. The monoisotopic (exact) mass is 318 g/mol. The van der Waals surface area contributed by atoms with E-state index in [0.717, 1.165) is 0 Å². The van der Waals surface area contributed by atoms with Crippen LogP contribution in [0.1, 0.15) is 35.0 Å². The van der Waals surface area contributed by atoms with Gasteiger partial charge in [-0.05, 0) is 31.0 Å². The molecule has 1 heterocycles. The number of esters is 1. The van der Waals surface area contributed by atoms with Gasteiger partial charge in [-0.25, -0.2) is 4.79 Å². The number of aliphatic hydroxyl groups is 1. The zero-order valence-corrected chi connectivity index (χ0v) is 12.9. The number of carbonyl (C=O) groups is 2. The van der Waals surface area contributed by atoms with E-state index in [1.165, 1.54) is 0 Å². The van der Waals surface area contributed by atoms with E-state index in [1.54, 1.807) is 44.2 Å². The summed E-state index contributed by atoms with van der Waals surface area (Å²) in [7, 11) is 0. The summed E-state index contributed by atoms with van der Waals surface area (Å²) >= 11 is 0. The Morgan fingerprint density at radius 2 is 2.04 bits per heavy atom. The van der Waals surface area contributed by atoms with E-state index < -0.39 is 18.0 Å². The SMILES string of the molecule is CCC(OC(=O)c1ccc(CO)cc1)C(=O)Nc1cc(C)on1. The van der Waals surface area contributed by atoms with Gasteiger partial charge in [0.05, 0.1) is 12.2 Å². The van der Waals surface area contributed by atoms with E-state index >= 15 is 0 Å². The van der Waals surface area contributed by atoms with Crippen LogP contribution < -0.4 is 5.32 Å². The number of nitrogens with one attached hydrogen (secondary N) is 1. The summed E-state index contributed by atoms with van der Waals surface area (Å²) in [6.07, 6.45) is -0.611. The third-order valence-electron chi connectivity index (χ3n) is 3.16. The summed E-state index contributed by atoms with van der Waals surface area (Å²) in [6, 6.07) is 7.89. The minimum Gasteiger partial charge on any atom is -0.449 e. The van der Waals surface area contributed by atoms with Gasteiger partial charge in [-0.1, -0.05) is 24.2 Å². The molecule has 1 amide bonds. The van der Waals surface area contributed by atoms with E-state index in [-0.39, 0.29) is 12.4 Å². The second kappa shape index (κ2) is 7.55. The number of aromatic nitrogens is 1. The minimum atomic E-state index is -0.933. The Morgan fingerprint density at radius 3 is 2.57 bits per heavy atom. The van der Waals surface area contributed by atoms with Crippen LogP contribution in [0.4, 0.5) is 5.82 Å². The standard InChI is InChI=1S/C16H18N2O5/c1-3-13(15(20)17-14-8-10(2)23-18-14)22-16(21)12-6-4-11(9-19)5-7-12/h4-8,13,19H,3,9H2,1-2H3,(H,17,18,20). The normalized spacial score (nSPS) is 11.8. The fourth-order valence-corrected chi connectivity index (χ4v) is 1.90. The molecule has 0 radical (unpaired) electrons. The highest BCUT2D eigenvalue weighted by atomic mass is 16.5. The maximum absolute atomic E-state index is 12.1. The quantitative estimate of drug-likeness (QED) is 0.790. The number of aliphatic hydroxyl groups excluding tert-OH is 1. The molecule has 2 rings (SSSR count).